The van der Waals surface area contributed by atoms with Crippen molar-refractivity contribution in [2.24, 2.45) is 0 Å². The van der Waals surface area contributed by atoms with E-state index in [-0.39, 0.29) is 23.8 Å². The van der Waals surface area contributed by atoms with E-state index < -0.39 is 11.8 Å². The number of hydrogen-bond donors (Lipinski definition) is 0. The highest BCUT2D eigenvalue weighted by Gasteiger charge is 2.25. The number of nitrogens with zero attached hydrogens (tertiary/aromatic N) is 2. The molecule has 0 aliphatic carbocycles. The molecule has 0 atom stereocenters. The minimum Gasteiger partial charge on any atom is -0.461 e. The molecule has 3 aromatic rings. The molecule has 0 saturated carbocycles. The number of amides is 1. The minimum absolute atomic E-state index is 0.198. The summed E-state index contributed by atoms with van der Waals surface area (Å²) in [5.41, 5.74) is 1.48. The van der Waals surface area contributed by atoms with Gasteiger partial charge in [-0.3, -0.25) is 9.69 Å². The maximum Gasteiger partial charge on any atom is 0.358 e. The lowest BCUT2D eigenvalue weighted by molar-refractivity contribution is 0.0519. The molecule has 1 heterocycles. The number of carbonyl (C=O) groups excluding carboxylic acids is 2. The highest BCUT2D eigenvalue weighted by atomic mass is 32.1. The van der Waals surface area contributed by atoms with E-state index in [0.717, 1.165) is 5.56 Å². The van der Waals surface area contributed by atoms with Crippen LogP contribution in [0.5, 0.6) is 0 Å². The van der Waals surface area contributed by atoms with Crippen molar-refractivity contribution in [1.82, 2.24) is 4.98 Å². The largest absolute Gasteiger partial charge is 0.461 e. The summed E-state index contributed by atoms with van der Waals surface area (Å²) in [6, 6.07) is 15.3. The molecule has 0 aliphatic heterocycles. The molecule has 0 N–H and O–H groups in total. The predicted octanol–water partition coefficient (Wildman–Crippen LogP) is 4.66. The highest BCUT2D eigenvalue weighted by molar-refractivity contribution is 7.16. The normalized spacial score (nSPS) is 10.6. The molecule has 1 amide bonds. The smallest absolute Gasteiger partial charge is 0.358 e. The van der Waals surface area contributed by atoms with Crippen LogP contribution in [0.1, 0.15) is 38.2 Å². The quantitative estimate of drug-likeness (QED) is 0.530. The van der Waals surface area contributed by atoms with E-state index in [0.29, 0.717) is 23.0 Å². The summed E-state index contributed by atoms with van der Waals surface area (Å²) in [4.78, 5) is 31.8. The monoisotopic (exact) mass is 412 g/mol. The van der Waals surface area contributed by atoms with Crippen LogP contribution in [0.15, 0.2) is 54.6 Å². The number of carbonyl (C=O) groups is 2. The first-order valence-electron chi connectivity index (χ1n) is 9.25. The summed E-state index contributed by atoms with van der Waals surface area (Å²) >= 11 is 1.24. The van der Waals surface area contributed by atoms with Crippen LogP contribution in [0.4, 0.5) is 9.52 Å². The molecule has 0 unspecified atom stereocenters. The molecule has 0 aliphatic rings. The number of esters is 1. The summed E-state index contributed by atoms with van der Waals surface area (Å²) in [5.74, 6) is -1.38. The molecule has 5 nitrogen and oxygen atoms in total. The molecule has 3 rings (SSSR count). The van der Waals surface area contributed by atoms with Crippen molar-refractivity contribution < 1.29 is 18.7 Å². The van der Waals surface area contributed by atoms with E-state index in [4.69, 9.17) is 4.74 Å². The molecule has 29 heavy (non-hydrogen) atoms. The molecule has 0 fully saturated rings. The fourth-order valence-corrected chi connectivity index (χ4v) is 3.75. The molecule has 150 valence electrons. The Hall–Kier alpha value is -3.06. The zero-order valence-electron chi connectivity index (χ0n) is 16.2. The third-order valence-electron chi connectivity index (χ3n) is 4.27. The van der Waals surface area contributed by atoms with Crippen molar-refractivity contribution in [1.29, 1.82) is 0 Å². The third kappa shape index (κ3) is 5.06. The minimum atomic E-state index is -0.520. The first-order valence-corrected chi connectivity index (χ1v) is 10.1. The van der Waals surface area contributed by atoms with Gasteiger partial charge in [0.25, 0.3) is 5.91 Å². The zero-order chi connectivity index (χ0) is 20.8. The van der Waals surface area contributed by atoms with E-state index in [1.165, 1.54) is 34.4 Å². The Morgan fingerprint density at radius 3 is 2.59 bits per heavy atom. The van der Waals surface area contributed by atoms with Gasteiger partial charge in [-0.15, -0.1) is 11.3 Å². The van der Waals surface area contributed by atoms with Gasteiger partial charge in [0, 0.05) is 17.0 Å². The van der Waals surface area contributed by atoms with Crippen molar-refractivity contribution in [3.8, 4) is 0 Å². The second-order valence-electron chi connectivity index (χ2n) is 6.32. The van der Waals surface area contributed by atoms with Crippen LogP contribution < -0.4 is 4.90 Å². The number of anilines is 1. The van der Waals surface area contributed by atoms with Gasteiger partial charge in [-0.2, -0.15) is 0 Å². The number of ether oxygens (including phenoxy) is 1. The molecular weight excluding hydrogens is 391 g/mol. The second-order valence-corrected chi connectivity index (χ2v) is 7.51. The Labute approximate surface area is 172 Å². The van der Waals surface area contributed by atoms with Crippen LogP contribution in [-0.2, 0) is 11.2 Å². The Morgan fingerprint density at radius 1 is 1.14 bits per heavy atom. The Kier molecular flexibility index (Phi) is 6.72. The number of rotatable bonds is 7. The van der Waals surface area contributed by atoms with E-state index >= 15 is 0 Å². The molecule has 0 spiro atoms. The van der Waals surface area contributed by atoms with Crippen LogP contribution in [0, 0.1) is 12.7 Å². The Bertz CT molecular complexity index is 1000. The third-order valence-corrected chi connectivity index (χ3v) is 5.26. The van der Waals surface area contributed by atoms with E-state index in [2.05, 4.69) is 4.98 Å². The van der Waals surface area contributed by atoms with Crippen molar-refractivity contribution in [2.75, 3.05) is 18.1 Å². The summed E-state index contributed by atoms with van der Waals surface area (Å²) in [6.07, 6.45) is 0.593. The van der Waals surface area contributed by atoms with Crippen LogP contribution >= 0.6 is 11.3 Å². The lowest BCUT2D eigenvalue weighted by Crippen LogP contribution is -2.33. The summed E-state index contributed by atoms with van der Waals surface area (Å²) < 4.78 is 18.7. The highest BCUT2D eigenvalue weighted by Crippen LogP contribution is 2.28. The Balaban J connectivity index is 1.93. The van der Waals surface area contributed by atoms with Gasteiger partial charge >= 0.3 is 5.97 Å². The maximum atomic E-state index is 13.7. The number of aryl methyl sites for hydroxylation is 1. The number of halogens is 1. The zero-order valence-corrected chi connectivity index (χ0v) is 17.0. The van der Waals surface area contributed by atoms with Gasteiger partial charge in [0.05, 0.1) is 6.61 Å². The standard InChI is InChI=1S/C22H21FN2O3S/c1-3-28-21(27)19-15(2)29-22(24-19)25(13-12-16-8-5-4-6-9-16)20(26)17-10-7-11-18(23)14-17/h4-11,14H,3,12-13H2,1-2H3. The van der Waals surface area contributed by atoms with Crippen LogP contribution in [0.2, 0.25) is 0 Å². The summed E-state index contributed by atoms with van der Waals surface area (Å²) in [5, 5.41) is 0.385. The first kappa shape index (κ1) is 20.7. The summed E-state index contributed by atoms with van der Waals surface area (Å²) in [6.45, 7) is 4.06. The predicted molar refractivity (Wildman–Crippen MR) is 111 cm³/mol. The molecule has 2 aromatic carbocycles. The molecule has 1 aromatic heterocycles. The molecule has 0 bridgehead atoms. The molecule has 0 saturated heterocycles. The maximum absolute atomic E-state index is 13.7. The van der Waals surface area contributed by atoms with Crippen molar-refractivity contribution in [3.05, 3.63) is 82.1 Å². The van der Waals surface area contributed by atoms with Gasteiger partial charge in [0.1, 0.15) is 5.82 Å². The second kappa shape index (κ2) is 9.43. The van der Waals surface area contributed by atoms with Gasteiger partial charge < -0.3 is 4.74 Å². The lowest BCUT2D eigenvalue weighted by Gasteiger charge is -2.20. The van der Waals surface area contributed by atoms with Crippen LogP contribution in [0.25, 0.3) is 0 Å². The van der Waals surface area contributed by atoms with Crippen molar-refractivity contribution in [3.63, 3.8) is 0 Å². The summed E-state index contributed by atoms with van der Waals surface area (Å²) in [7, 11) is 0. The van der Waals surface area contributed by atoms with Crippen molar-refractivity contribution >= 4 is 28.3 Å². The topological polar surface area (TPSA) is 59.5 Å². The number of benzene rings is 2. The van der Waals surface area contributed by atoms with Gasteiger partial charge in [-0.25, -0.2) is 14.2 Å². The number of aromatic nitrogens is 1. The van der Waals surface area contributed by atoms with Crippen LogP contribution in [0.3, 0.4) is 0 Å². The molecule has 7 heteroatoms. The van der Waals surface area contributed by atoms with Crippen LogP contribution in [-0.4, -0.2) is 30.0 Å². The first-order chi connectivity index (χ1) is 14.0. The SMILES string of the molecule is CCOC(=O)c1nc(N(CCc2ccccc2)C(=O)c2cccc(F)c2)sc1C. The fourth-order valence-electron chi connectivity index (χ4n) is 2.83. The van der Waals surface area contributed by atoms with Gasteiger partial charge in [0.15, 0.2) is 10.8 Å². The molecule has 0 radical (unpaired) electrons. The Morgan fingerprint density at radius 2 is 1.90 bits per heavy atom. The average molecular weight is 412 g/mol. The molecular formula is C22H21FN2O3S. The number of thiazole rings is 1. The fraction of sp³-hybridized carbons (Fsp3) is 0.227. The average Bonchev–Trinajstić information content (AvgIpc) is 3.10. The van der Waals surface area contributed by atoms with Gasteiger partial charge in [-0.05, 0) is 44.0 Å². The van der Waals surface area contributed by atoms with E-state index in [1.807, 2.05) is 30.3 Å². The van der Waals surface area contributed by atoms with E-state index in [9.17, 15) is 14.0 Å². The van der Waals surface area contributed by atoms with Gasteiger partial charge in [0.2, 0.25) is 0 Å². The van der Waals surface area contributed by atoms with Crippen molar-refractivity contribution in [2.45, 2.75) is 20.3 Å². The van der Waals surface area contributed by atoms with Gasteiger partial charge in [-0.1, -0.05) is 36.4 Å². The number of hydrogen-bond acceptors (Lipinski definition) is 5. The van der Waals surface area contributed by atoms with E-state index in [1.54, 1.807) is 19.9 Å². The lowest BCUT2D eigenvalue weighted by atomic mass is 10.1.